The van der Waals surface area contributed by atoms with Crippen molar-refractivity contribution in [2.75, 3.05) is 19.9 Å². The third kappa shape index (κ3) is 3.44. The van der Waals surface area contributed by atoms with Gasteiger partial charge in [0.15, 0.2) is 12.6 Å². The van der Waals surface area contributed by atoms with Crippen molar-refractivity contribution in [3.05, 3.63) is 71.8 Å². The van der Waals surface area contributed by atoms with Crippen LogP contribution in [0.1, 0.15) is 41.7 Å². The van der Waals surface area contributed by atoms with Gasteiger partial charge in [-0.15, -0.1) is 0 Å². The number of nitrogens with zero attached hydrogens (tertiary/aromatic N) is 1. The first-order chi connectivity index (χ1) is 13.0. The van der Waals surface area contributed by atoms with E-state index in [0.29, 0.717) is 25.9 Å². The number of Topliss-reactive ketones (excluding diaryl/α,β-unsaturated/α-hetero) is 1. The molecule has 2 saturated heterocycles. The van der Waals surface area contributed by atoms with E-state index in [9.17, 15) is 9.90 Å². The second-order valence-electron chi connectivity index (χ2n) is 7.56. The Labute approximate surface area is 159 Å². The Morgan fingerprint density at radius 3 is 2.48 bits per heavy atom. The van der Waals surface area contributed by atoms with Crippen molar-refractivity contribution in [1.29, 1.82) is 0 Å². The summed E-state index contributed by atoms with van der Waals surface area (Å²) in [6, 6.07) is 19.4. The Bertz CT molecular complexity index is 796. The van der Waals surface area contributed by atoms with E-state index in [0.717, 1.165) is 11.1 Å². The number of piperidine rings is 1. The summed E-state index contributed by atoms with van der Waals surface area (Å²) in [5.41, 5.74) is 1.04. The molecular weight excluding hydrogens is 342 g/mol. The van der Waals surface area contributed by atoms with E-state index in [1.165, 1.54) is 0 Å². The van der Waals surface area contributed by atoms with E-state index < -0.39 is 11.4 Å². The number of carbonyl (C=O) groups excluding carboxylic acids is 1. The molecule has 0 aliphatic carbocycles. The molecule has 0 saturated carbocycles. The van der Waals surface area contributed by atoms with Crippen molar-refractivity contribution < 1.29 is 19.4 Å². The first-order valence-electron chi connectivity index (χ1n) is 9.38. The Morgan fingerprint density at radius 1 is 1.11 bits per heavy atom. The number of fused-ring (bicyclic) bond motifs is 1. The van der Waals surface area contributed by atoms with Crippen molar-refractivity contribution in [2.24, 2.45) is 0 Å². The van der Waals surface area contributed by atoms with Crippen molar-refractivity contribution in [3.8, 4) is 0 Å². The molecule has 0 bridgehead atoms. The van der Waals surface area contributed by atoms with Gasteiger partial charge in [0.2, 0.25) is 5.79 Å². The zero-order chi connectivity index (χ0) is 18.9. The largest absolute Gasteiger partial charge is 0.363 e. The van der Waals surface area contributed by atoms with Crippen LogP contribution in [0.4, 0.5) is 0 Å². The first-order valence-corrected chi connectivity index (χ1v) is 9.38. The van der Waals surface area contributed by atoms with Crippen LogP contribution < -0.4 is 0 Å². The standard InChI is InChI=1S/C22H25NO4/c1-21-15-23(13-12-20(24)18-10-6-3-7-11-18)19(17-8-4-2-5-9-17)14-22(21,25)27-16-26-21/h2-11,19,25H,12-16H2,1H3/t19-,21-,22+/m0/s1. The molecule has 4 rings (SSSR count). The molecule has 0 radical (unpaired) electrons. The zero-order valence-electron chi connectivity index (χ0n) is 15.5. The summed E-state index contributed by atoms with van der Waals surface area (Å²) in [5, 5.41) is 11.0. The summed E-state index contributed by atoms with van der Waals surface area (Å²) >= 11 is 0. The maximum Gasteiger partial charge on any atom is 0.200 e. The van der Waals surface area contributed by atoms with E-state index in [4.69, 9.17) is 9.47 Å². The summed E-state index contributed by atoms with van der Waals surface area (Å²) < 4.78 is 11.3. The fourth-order valence-corrected chi connectivity index (χ4v) is 4.11. The molecule has 1 N–H and O–H groups in total. The van der Waals surface area contributed by atoms with Crippen molar-refractivity contribution >= 4 is 5.78 Å². The lowest BCUT2D eigenvalue weighted by Gasteiger charge is -2.49. The molecule has 142 valence electrons. The maximum absolute atomic E-state index is 12.6. The van der Waals surface area contributed by atoms with Gasteiger partial charge in [-0.2, -0.15) is 0 Å². The molecular formula is C22H25NO4. The minimum atomic E-state index is -1.31. The molecule has 0 amide bonds. The van der Waals surface area contributed by atoms with Gasteiger partial charge in [-0.3, -0.25) is 9.69 Å². The minimum absolute atomic E-state index is 0.0328. The van der Waals surface area contributed by atoms with E-state index >= 15 is 0 Å². The van der Waals surface area contributed by atoms with Crippen LogP contribution in [0.5, 0.6) is 0 Å². The van der Waals surface area contributed by atoms with E-state index in [1.807, 2.05) is 55.5 Å². The summed E-state index contributed by atoms with van der Waals surface area (Å²) in [5.74, 6) is -1.19. The lowest BCUT2D eigenvalue weighted by molar-refractivity contribution is -0.244. The topological polar surface area (TPSA) is 59.0 Å². The van der Waals surface area contributed by atoms with Gasteiger partial charge in [-0.05, 0) is 12.5 Å². The summed E-state index contributed by atoms with van der Waals surface area (Å²) in [6.07, 6.45) is 0.829. The van der Waals surface area contributed by atoms with Crippen molar-refractivity contribution in [3.63, 3.8) is 0 Å². The highest BCUT2D eigenvalue weighted by atomic mass is 16.8. The fraction of sp³-hybridized carbons (Fsp3) is 0.409. The van der Waals surface area contributed by atoms with Crippen LogP contribution in [-0.4, -0.2) is 47.1 Å². The monoisotopic (exact) mass is 367 g/mol. The number of carbonyl (C=O) groups is 1. The van der Waals surface area contributed by atoms with E-state index in [1.54, 1.807) is 0 Å². The van der Waals surface area contributed by atoms with E-state index in [2.05, 4.69) is 17.0 Å². The summed E-state index contributed by atoms with van der Waals surface area (Å²) in [7, 11) is 0. The molecule has 2 aromatic rings. The Balaban J connectivity index is 1.55. The maximum atomic E-state index is 12.6. The Morgan fingerprint density at radius 2 is 1.78 bits per heavy atom. The predicted molar refractivity (Wildman–Crippen MR) is 101 cm³/mol. The number of rotatable bonds is 5. The second kappa shape index (κ2) is 7.17. The van der Waals surface area contributed by atoms with Gasteiger partial charge < -0.3 is 14.6 Å². The molecule has 2 aliphatic heterocycles. The number of hydrogen-bond acceptors (Lipinski definition) is 5. The van der Waals surface area contributed by atoms with Gasteiger partial charge in [0, 0.05) is 37.5 Å². The number of benzene rings is 2. The average molecular weight is 367 g/mol. The number of hydrogen-bond donors (Lipinski definition) is 1. The van der Waals surface area contributed by atoms with Gasteiger partial charge >= 0.3 is 0 Å². The van der Waals surface area contributed by atoms with Crippen molar-refractivity contribution in [1.82, 2.24) is 4.90 Å². The number of aliphatic hydroxyl groups is 1. The molecule has 2 fully saturated rings. The highest BCUT2D eigenvalue weighted by molar-refractivity contribution is 5.96. The molecule has 0 unspecified atom stereocenters. The lowest BCUT2D eigenvalue weighted by atomic mass is 9.81. The zero-order valence-corrected chi connectivity index (χ0v) is 15.5. The normalized spacial score (nSPS) is 30.8. The molecule has 5 nitrogen and oxygen atoms in total. The average Bonchev–Trinajstić information content (AvgIpc) is 3.00. The van der Waals surface area contributed by atoms with Crippen LogP contribution in [0, 0.1) is 0 Å². The fourth-order valence-electron chi connectivity index (χ4n) is 4.11. The third-order valence-electron chi connectivity index (χ3n) is 5.82. The molecule has 3 atom stereocenters. The molecule has 27 heavy (non-hydrogen) atoms. The van der Waals surface area contributed by atoms with Crippen LogP contribution in [0.3, 0.4) is 0 Å². The van der Waals surface area contributed by atoms with Gasteiger partial charge in [0.25, 0.3) is 0 Å². The van der Waals surface area contributed by atoms with Gasteiger partial charge in [0.05, 0.1) is 0 Å². The van der Waals surface area contributed by atoms with Crippen molar-refractivity contribution in [2.45, 2.75) is 37.2 Å². The first kappa shape index (κ1) is 18.3. The van der Waals surface area contributed by atoms with Crippen LogP contribution in [0.25, 0.3) is 0 Å². The van der Waals surface area contributed by atoms with Gasteiger partial charge in [-0.1, -0.05) is 60.7 Å². The molecule has 0 spiro atoms. The molecule has 2 aliphatic rings. The smallest absolute Gasteiger partial charge is 0.200 e. The SMILES string of the molecule is C[C@]12CN(CCC(=O)c3ccccc3)[C@H](c3ccccc3)C[C@@]1(O)OCO2. The highest BCUT2D eigenvalue weighted by Crippen LogP contribution is 2.47. The van der Waals surface area contributed by atoms with Crippen LogP contribution in [0.15, 0.2) is 60.7 Å². The minimum Gasteiger partial charge on any atom is -0.363 e. The molecule has 5 heteroatoms. The third-order valence-corrected chi connectivity index (χ3v) is 5.82. The molecule has 2 aromatic carbocycles. The quantitative estimate of drug-likeness (QED) is 0.823. The number of likely N-dealkylation sites (tertiary alicyclic amines) is 1. The van der Waals surface area contributed by atoms with Crippen LogP contribution >= 0.6 is 0 Å². The summed E-state index contributed by atoms with van der Waals surface area (Å²) in [4.78, 5) is 14.8. The van der Waals surface area contributed by atoms with Gasteiger partial charge in [-0.25, -0.2) is 0 Å². The lowest BCUT2D eigenvalue weighted by Crippen LogP contribution is -2.62. The van der Waals surface area contributed by atoms with E-state index in [-0.39, 0.29) is 18.6 Å². The highest BCUT2D eigenvalue weighted by Gasteiger charge is 2.59. The van der Waals surface area contributed by atoms with Gasteiger partial charge in [0.1, 0.15) is 5.60 Å². The Kier molecular flexibility index (Phi) is 4.86. The summed E-state index contributed by atoms with van der Waals surface area (Å²) in [6.45, 7) is 3.08. The number of ketones is 1. The predicted octanol–water partition coefficient (Wildman–Crippen LogP) is 3.16. The van der Waals surface area contributed by atoms with Crippen LogP contribution in [0.2, 0.25) is 0 Å². The molecule has 0 aromatic heterocycles. The molecule has 2 heterocycles. The second-order valence-corrected chi connectivity index (χ2v) is 7.56. The Hall–Kier alpha value is -2.05. The van der Waals surface area contributed by atoms with Crippen LogP contribution in [-0.2, 0) is 9.47 Å². The number of ether oxygens (including phenoxy) is 2.